The largest absolute Gasteiger partial charge is 0.395 e. The highest BCUT2D eigenvalue weighted by Crippen LogP contribution is 2.41. The number of benzene rings is 1. The quantitative estimate of drug-likeness (QED) is 0.871. The fourth-order valence-electron chi connectivity index (χ4n) is 1.96. The van der Waals surface area contributed by atoms with Crippen molar-refractivity contribution in [1.29, 1.82) is 0 Å². The van der Waals surface area contributed by atoms with Crippen LogP contribution in [0.3, 0.4) is 0 Å². The number of aliphatic hydroxyl groups excluding tert-OH is 1. The van der Waals surface area contributed by atoms with Crippen LogP contribution in [0.1, 0.15) is 31.4 Å². The highest BCUT2D eigenvalue weighted by atomic mass is 79.9. The first-order valence-electron chi connectivity index (χ1n) is 5.83. The molecule has 2 nitrogen and oxygen atoms in total. The minimum atomic E-state index is 0.161. The molecule has 1 aliphatic rings. The topological polar surface area (TPSA) is 32.3 Å². The predicted molar refractivity (Wildman–Crippen MR) is 69.3 cm³/mol. The summed E-state index contributed by atoms with van der Waals surface area (Å²) < 4.78 is 1.11. The minimum absolute atomic E-state index is 0.161. The number of hydrogen-bond acceptors (Lipinski definition) is 2. The van der Waals surface area contributed by atoms with Crippen LogP contribution < -0.4 is 5.32 Å². The van der Waals surface area contributed by atoms with Gasteiger partial charge in [0.2, 0.25) is 0 Å². The van der Waals surface area contributed by atoms with Crippen LogP contribution in [-0.4, -0.2) is 17.8 Å². The molecule has 0 aromatic heterocycles. The fourth-order valence-corrected chi connectivity index (χ4v) is 2.23. The van der Waals surface area contributed by atoms with Gasteiger partial charge in [0.15, 0.2) is 0 Å². The lowest BCUT2D eigenvalue weighted by molar-refractivity contribution is 0.236. The van der Waals surface area contributed by atoms with Crippen LogP contribution in [0.2, 0.25) is 0 Å². The Morgan fingerprint density at radius 1 is 1.38 bits per heavy atom. The summed E-state index contributed by atoms with van der Waals surface area (Å²) >= 11 is 3.45. The van der Waals surface area contributed by atoms with Crippen LogP contribution in [0, 0.1) is 5.92 Å². The first kappa shape index (κ1) is 12.1. The van der Waals surface area contributed by atoms with Gasteiger partial charge in [0.05, 0.1) is 6.61 Å². The third-order valence-corrected chi connectivity index (χ3v) is 3.59. The lowest BCUT2D eigenvalue weighted by Gasteiger charge is -2.22. The van der Waals surface area contributed by atoms with Crippen molar-refractivity contribution in [3.63, 3.8) is 0 Å². The summed E-state index contributed by atoms with van der Waals surface area (Å²) in [4.78, 5) is 0. The number of halogens is 1. The van der Waals surface area contributed by atoms with Crippen LogP contribution in [0.25, 0.3) is 0 Å². The third-order valence-electron chi connectivity index (χ3n) is 3.06. The van der Waals surface area contributed by atoms with Crippen LogP contribution >= 0.6 is 15.9 Å². The Balaban J connectivity index is 2.09. The molecule has 0 spiro atoms. The van der Waals surface area contributed by atoms with Crippen molar-refractivity contribution in [2.45, 2.75) is 31.8 Å². The zero-order valence-corrected chi connectivity index (χ0v) is 11.1. The van der Waals surface area contributed by atoms with Gasteiger partial charge in [-0.25, -0.2) is 0 Å². The van der Waals surface area contributed by atoms with Crippen molar-refractivity contribution < 1.29 is 5.11 Å². The Hall–Kier alpha value is -0.380. The molecule has 2 rings (SSSR count). The monoisotopic (exact) mass is 283 g/mol. The van der Waals surface area contributed by atoms with Gasteiger partial charge in [-0.05, 0) is 43.4 Å². The second-order valence-electron chi connectivity index (χ2n) is 4.62. The molecule has 2 atom stereocenters. The first-order chi connectivity index (χ1) is 7.70. The maximum Gasteiger partial charge on any atom is 0.0582 e. The second kappa shape index (κ2) is 5.30. The third kappa shape index (κ3) is 3.06. The van der Waals surface area contributed by atoms with Crippen molar-refractivity contribution in [2.24, 2.45) is 5.92 Å². The van der Waals surface area contributed by atoms with Gasteiger partial charge < -0.3 is 10.4 Å². The minimum Gasteiger partial charge on any atom is -0.395 e. The fraction of sp³-hybridized carbons (Fsp3) is 0.538. The average Bonchev–Trinajstić information content (AvgIpc) is 3.11. The molecule has 0 amide bonds. The summed E-state index contributed by atoms with van der Waals surface area (Å²) in [6.07, 6.45) is 2.59. The molecule has 0 radical (unpaired) electrons. The normalized spacial score (nSPS) is 19.4. The Bertz CT molecular complexity index is 334. The van der Waals surface area contributed by atoms with Gasteiger partial charge in [-0.1, -0.05) is 28.1 Å². The summed E-state index contributed by atoms with van der Waals surface area (Å²) in [5.41, 5.74) is 1.33. The van der Waals surface area contributed by atoms with E-state index in [1.165, 1.54) is 18.4 Å². The van der Waals surface area contributed by atoms with Gasteiger partial charge in [0.25, 0.3) is 0 Å². The van der Waals surface area contributed by atoms with E-state index in [4.69, 9.17) is 5.11 Å². The number of hydrogen-bond donors (Lipinski definition) is 2. The molecular formula is C13H18BrNO. The highest BCUT2D eigenvalue weighted by molar-refractivity contribution is 9.10. The molecular weight excluding hydrogens is 266 g/mol. The number of rotatable bonds is 5. The van der Waals surface area contributed by atoms with Crippen LogP contribution in [0.4, 0.5) is 0 Å². The summed E-state index contributed by atoms with van der Waals surface area (Å²) in [6.45, 7) is 2.22. The standard InChI is InChI=1S/C13H18BrNO/c1-9(8-16)15-13(10-2-3-10)11-4-6-12(14)7-5-11/h4-7,9-10,13,15-16H,2-3,8H2,1H3/t9-,13-/m1/s1. The molecule has 0 heterocycles. The molecule has 88 valence electrons. The Labute approximate surface area is 105 Å². The van der Waals surface area contributed by atoms with E-state index in [1.807, 2.05) is 6.92 Å². The second-order valence-corrected chi connectivity index (χ2v) is 5.53. The summed E-state index contributed by atoms with van der Waals surface area (Å²) in [6, 6.07) is 9.03. The van der Waals surface area contributed by atoms with Crippen molar-refractivity contribution >= 4 is 15.9 Å². The van der Waals surface area contributed by atoms with E-state index < -0.39 is 0 Å². The lowest BCUT2D eigenvalue weighted by atomic mass is 10.0. The van der Waals surface area contributed by atoms with Gasteiger partial charge in [-0.2, -0.15) is 0 Å². The number of aliphatic hydroxyl groups is 1. The zero-order chi connectivity index (χ0) is 11.5. The molecule has 1 saturated carbocycles. The van der Waals surface area contributed by atoms with Gasteiger partial charge in [-0.15, -0.1) is 0 Å². The van der Waals surface area contributed by atoms with Crippen LogP contribution in [-0.2, 0) is 0 Å². The highest BCUT2D eigenvalue weighted by Gasteiger charge is 2.32. The van der Waals surface area contributed by atoms with Crippen molar-refractivity contribution in [2.75, 3.05) is 6.61 Å². The first-order valence-corrected chi connectivity index (χ1v) is 6.62. The molecule has 0 unspecified atom stereocenters. The average molecular weight is 284 g/mol. The van der Waals surface area contributed by atoms with Crippen molar-refractivity contribution in [1.82, 2.24) is 5.32 Å². The molecule has 2 N–H and O–H groups in total. The van der Waals surface area contributed by atoms with Gasteiger partial charge in [0.1, 0.15) is 0 Å². The molecule has 1 aromatic rings. The SMILES string of the molecule is C[C@H](CO)N[C@@H](c1ccc(Br)cc1)C1CC1. The summed E-state index contributed by atoms with van der Waals surface area (Å²) in [7, 11) is 0. The van der Waals surface area contributed by atoms with Gasteiger partial charge >= 0.3 is 0 Å². The van der Waals surface area contributed by atoms with Gasteiger partial charge in [-0.3, -0.25) is 0 Å². The molecule has 16 heavy (non-hydrogen) atoms. The molecule has 0 bridgehead atoms. The van der Waals surface area contributed by atoms with Crippen LogP contribution in [0.5, 0.6) is 0 Å². The lowest BCUT2D eigenvalue weighted by Crippen LogP contribution is -2.34. The zero-order valence-electron chi connectivity index (χ0n) is 9.49. The molecule has 3 heteroatoms. The van der Waals surface area contributed by atoms with E-state index in [2.05, 4.69) is 45.5 Å². The summed E-state index contributed by atoms with van der Waals surface area (Å²) in [5, 5.41) is 12.6. The number of nitrogens with one attached hydrogen (secondary N) is 1. The smallest absolute Gasteiger partial charge is 0.0582 e. The van der Waals surface area contributed by atoms with Crippen LogP contribution in [0.15, 0.2) is 28.7 Å². The summed E-state index contributed by atoms with van der Waals surface area (Å²) in [5.74, 6) is 0.746. The van der Waals surface area contributed by atoms with E-state index in [1.54, 1.807) is 0 Å². The van der Waals surface area contributed by atoms with Gasteiger partial charge in [0, 0.05) is 16.6 Å². The molecule has 1 fully saturated rings. The molecule has 0 saturated heterocycles. The predicted octanol–water partition coefficient (Wildman–Crippen LogP) is 2.87. The Morgan fingerprint density at radius 2 is 2.00 bits per heavy atom. The van der Waals surface area contributed by atoms with Crippen molar-refractivity contribution in [3.8, 4) is 0 Å². The molecule has 1 aromatic carbocycles. The van der Waals surface area contributed by atoms with E-state index in [9.17, 15) is 0 Å². The molecule has 0 aliphatic heterocycles. The van der Waals surface area contributed by atoms with E-state index in [-0.39, 0.29) is 12.6 Å². The Kier molecular flexibility index (Phi) is 4.00. The Morgan fingerprint density at radius 3 is 2.50 bits per heavy atom. The molecule has 1 aliphatic carbocycles. The van der Waals surface area contributed by atoms with Crippen molar-refractivity contribution in [3.05, 3.63) is 34.3 Å². The van der Waals surface area contributed by atoms with E-state index >= 15 is 0 Å². The maximum atomic E-state index is 9.11. The maximum absolute atomic E-state index is 9.11. The van der Waals surface area contributed by atoms with E-state index in [0.29, 0.717) is 6.04 Å². The van der Waals surface area contributed by atoms with E-state index in [0.717, 1.165) is 10.4 Å².